The van der Waals surface area contributed by atoms with Crippen LogP contribution in [-0.4, -0.2) is 5.60 Å². The van der Waals surface area contributed by atoms with Gasteiger partial charge < -0.3 is 10.5 Å². The van der Waals surface area contributed by atoms with E-state index in [1.807, 2.05) is 6.07 Å². The lowest BCUT2D eigenvalue weighted by Gasteiger charge is -2.47. The maximum absolute atomic E-state index is 6.42. The molecule has 1 aliphatic heterocycles. The summed E-state index contributed by atoms with van der Waals surface area (Å²) in [7, 11) is 0. The fourth-order valence-electron chi connectivity index (χ4n) is 3.63. The topological polar surface area (TPSA) is 35.2 Å². The van der Waals surface area contributed by atoms with Crippen LogP contribution in [0.15, 0.2) is 22.7 Å². The Morgan fingerprint density at radius 2 is 2.05 bits per heavy atom. The molecule has 0 amide bonds. The van der Waals surface area contributed by atoms with Crippen LogP contribution in [-0.2, 0) is 0 Å². The van der Waals surface area contributed by atoms with Gasteiger partial charge in [-0.15, -0.1) is 0 Å². The van der Waals surface area contributed by atoms with Crippen LogP contribution in [0.5, 0.6) is 5.75 Å². The highest BCUT2D eigenvalue weighted by Gasteiger charge is 2.44. The van der Waals surface area contributed by atoms with Gasteiger partial charge in [-0.2, -0.15) is 0 Å². The molecule has 104 valence electrons. The molecule has 1 heterocycles. The molecule has 2 N–H and O–H groups in total. The summed E-state index contributed by atoms with van der Waals surface area (Å²) in [6.07, 6.45) is 4.47. The molecule has 2 nitrogen and oxygen atoms in total. The molecule has 3 heteroatoms. The van der Waals surface area contributed by atoms with Crippen molar-refractivity contribution in [1.29, 1.82) is 0 Å². The molecule has 19 heavy (non-hydrogen) atoms. The molecule has 0 bridgehead atoms. The quantitative estimate of drug-likeness (QED) is 0.766. The van der Waals surface area contributed by atoms with Crippen LogP contribution in [0.2, 0.25) is 0 Å². The van der Waals surface area contributed by atoms with E-state index in [9.17, 15) is 0 Å². The minimum atomic E-state index is -0.0286. The number of fused-ring (bicyclic) bond motifs is 1. The van der Waals surface area contributed by atoms with Crippen molar-refractivity contribution >= 4 is 15.9 Å². The predicted octanol–water partition coefficient (Wildman–Crippen LogP) is 4.43. The third-order valence-corrected chi connectivity index (χ3v) is 5.51. The highest BCUT2D eigenvalue weighted by atomic mass is 79.9. The van der Waals surface area contributed by atoms with Gasteiger partial charge >= 0.3 is 0 Å². The molecule has 1 aromatic carbocycles. The van der Waals surface area contributed by atoms with Gasteiger partial charge in [0.05, 0.1) is 0 Å². The summed E-state index contributed by atoms with van der Waals surface area (Å²) < 4.78 is 7.48. The van der Waals surface area contributed by atoms with E-state index in [0.29, 0.717) is 0 Å². The molecule has 0 saturated heterocycles. The molecule has 1 saturated carbocycles. The summed E-state index contributed by atoms with van der Waals surface area (Å²) in [4.78, 5) is 0. The van der Waals surface area contributed by atoms with Crippen molar-refractivity contribution < 1.29 is 4.74 Å². The highest BCUT2D eigenvalue weighted by Crippen LogP contribution is 2.48. The molecule has 1 fully saturated rings. The second kappa shape index (κ2) is 4.78. The average Bonchev–Trinajstić information content (AvgIpc) is 2.34. The minimum absolute atomic E-state index is 0.0286. The zero-order valence-electron chi connectivity index (χ0n) is 11.7. The van der Waals surface area contributed by atoms with Crippen LogP contribution in [0.25, 0.3) is 0 Å². The van der Waals surface area contributed by atoms with Crippen LogP contribution in [0, 0.1) is 11.8 Å². The van der Waals surface area contributed by atoms with Crippen LogP contribution >= 0.6 is 15.9 Å². The third kappa shape index (κ3) is 2.43. The Morgan fingerprint density at radius 3 is 2.79 bits per heavy atom. The van der Waals surface area contributed by atoms with E-state index in [0.717, 1.165) is 46.9 Å². The van der Waals surface area contributed by atoms with Gasteiger partial charge in [0, 0.05) is 22.5 Å². The van der Waals surface area contributed by atoms with Gasteiger partial charge in [-0.05, 0) is 43.2 Å². The SMILES string of the molecule is CC1CCC2(CC1C)C[C@@H](N)c1ccc(Br)cc1O2. The first-order chi connectivity index (χ1) is 8.99. The number of halogens is 1. The lowest BCUT2D eigenvalue weighted by Crippen LogP contribution is -2.47. The van der Waals surface area contributed by atoms with E-state index < -0.39 is 0 Å². The van der Waals surface area contributed by atoms with E-state index in [4.69, 9.17) is 10.5 Å². The van der Waals surface area contributed by atoms with Crippen molar-refractivity contribution in [2.45, 2.75) is 51.2 Å². The van der Waals surface area contributed by atoms with E-state index in [1.165, 1.54) is 6.42 Å². The van der Waals surface area contributed by atoms with Crippen molar-refractivity contribution in [3.05, 3.63) is 28.2 Å². The lowest BCUT2D eigenvalue weighted by molar-refractivity contribution is -0.0287. The Balaban J connectivity index is 1.91. The smallest absolute Gasteiger partial charge is 0.126 e. The van der Waals surface area contributed by atoms with Crippen molar-refractivity contribution in [3.63, 3.8) is 0 Å². The lowest BCUT2D eigenvalue weighted by atomic mass is 9.69. The molecule has 2 aliphatic rings. The maximum Gasteiger partial charge on any atom is 0.126 e. The first kappa shape index (κ1) is 13.4. The molecule has 3 rings (SSSR count). The van der Waals surface area contributed by atoms with Crippen LogP contribution in [0.1, 0.15) is 51.1 Å². The average molecular weight is 324 g/mol. The maximum atomic E-state index is 6.42. The largest absolute Gasteiger partial charge is 0.487 e. The van der Waals surface area contributed by atoms with E-state index >= 15 is 0 Å². The molecule has 4 atom stereocenters. The summed E-state index contributed by atoms with van der Waals surface area (Å²) >= 11 is 3.52. The molecule has 1 aliphatic carbocycles. The molecule has 0 aromatic heterocycles. The van der Waals surface area contributed by atoms with Gasteiger partial charge in [0.1, 0.15) is 11.4 Å². The standard InChI is InChI=1S/C16H22BrNO/c1-10-5-6-16(8-11(10)2)9-14(18)13-4-3-12(17)7-15(13)19-16/h3-4,7,10-11,14H,5-6,8-9,18H2,1-2H3/t10?,11?,14-,16?/m1/s1. The number of hydrogen-bond donors (Lipinski definition) is 1. The Hall–Kier alpha value is -0.540. The fraction of sp³-hybridized carbons (Fsp3) is 0.625. The number of nitrogens with two attached hydrogens (primary N) is 1. The van der Waals surface area contributed by atoms with Gasteiger partial charge in [0.25, 0.3) is 0 Å². The third-order valence-electron chi connectivity index (χ3n) is 5.01. The normalized spacial score (nSPS) is 37.8. The molecule has 1 spiro atoms. The van der Waals surface area contributed by atoms with Gasteiger partial charge in [0.15, 0.2) is 0 Å². The van der Waals surface area contributed by atoms with Gasteiger partial charge in [-0.25, -0.2) is 0 Å². The Bertz CT molecular complexity index is 490. The van der Waals surface area contributed by atoms with Crippen molar-refractivity contribution in [3.8, 4) is 5.75 Å². The Labute approximate surface area is 123 Å². The zero-order chi connectivity index (χ0) is 13.6. The van der Waals surface area contributed by atoms with E-state index in [1.54, 1.807) is 0 Å². The van der Waals surface area contributed by atoms with Crippen LogP contribution in [0.3, 0.4) is 0 Å². The number of rotatable bonds is 0. The minimum Gasteiger partial charge on any atom is -0.487 e. The van der Waals surface area contributed by atoms with Gasteiger partial charge in [-0.3, -0.25) is 0 Å². The fourth-order valence-corrected chi connectivity index (χ4v) is 3.97. The van der Waals surface area contributed by atoms with E-state index in [2.05, 4.69) is 41.9 Å². The Morgan fingerprint density at radius 1 is 1.26 bits per heavy atom. The monoisotopic (exact) mass is 323 g/mol. The number of ether oxygens (including phenoxy) is 1. The first-order valence-electron chi connectivity index (χ1n) is 7.23. The summed E-state index contributed by atoms with van der Waals surface area (Å²) in [5, 5.41) is 0. The highest BCUT2D eigenvalue weighted by molar-refractivity contribution is 9.10. The predicted molar refractivity (Wildman–Crippen MR) is 81.2 cm³/mol. The van der Waals surface area contributed by atoms with Gasteiger partial charge in [-0.1, -0.05) is 35.8 Å². The number of hydrogen-bond acceptors (Lipinski definition) is 2. The summed E-state index contributed by atoms with van der Waals surface area (Å²) in [5.74, 6) is 2.50. The Kier molecular flexibility index (Phi) is 3.38. The molecule has 1 aromatic rings. The van der Waals surface area contributed by atoms with Gasteiger partial charge in [0.2, 0.25) is 0 Å². The molecular formula is C16H22BrNO. The molecule has 0 radical (unpaired) electrons. The zero-order valence-corrected chi connectivity index (χ0v) is 13.2. The summed E-state index contributed by atoms with van der Waals surface area (Å²) in [6, 6.07) is 6.31. The number of benzene rings is 1. The summed E-state index contributed by atoms with van der Waals surface area (Å²) in [6.45, 7) is 4.70. The van der Waals surface area contributed by atoms with Crippen LogP contribution in [0.4, 0.5) is 0 Å². The second-order valence-electron chi connectivity index (χ2n) is 6.48. The first-order valence-corrected chi connectivity index (χ1v) is 8.02. The molecular weight excluding hydrogens is 302 g/mol. The van der Waals surface area contributed by atoms with Crippen LogP contribution < -0.4 is 10.5 Å². The van der Waals surface area contributed by atoms with E-state index in [-0.39, 0.29) is 11.6 Å². The second-order valence-corrected chi connectivity index (χ2v) is 7.39. The van der Waals surface area contributed by atoms with Crippen molar-refractivity contribution in [2.24, 2.45) is 17.6 Å². The summed E-state index contributed by atoms with van der Waals surface area (Å²) in [5.41, 5.74) is 7.51. The van der Waals surface area contributed by atoms with Crippen molar-refractivity contribution in [1.82, 2.24) is 0 Å². The van der Waals surface area contributed by atoms with Crippen molar-refractivity contribution in [2.75, 3.05) is 0 Å². The molecule has 3 unspecified atom stereocenters.